The number of rotatable bonds is 5. The number of nitrogens with zero attached hydrogens (tertiary/aromatic N) is 2. The van der Waals surface area contributed by atoms with Crippen molar-refractivity contribution in [3.63, 3.8) is 0 Å². The van der Waals surface area contributed by atoms with Crippen LogP contribution in [0.15, 0.2) is 24.3 Å². The van der Waals surface area contributed by atoms with Gasteiger partial charge < -0.3 is 9.64 Å². The summed E-state index contributed by atoms with van der Waals surface area (Å²) in [6.45, 7) is 6.16. The Morgan fingerprint density at radius 1 is 1.09 bits per heavy atom. The lowest BCUT2D eigenvalue weighted by molar-refractivity contribution is -0.385. The molecule has 1 saturated heterocycles. The molecule has 1 aromatic rings. The van der Waals surface area contributed by atoms with E-state index in [0.29, 0.717) is 36.3 Å². The van der Waals surface area contributed by atoms with Gasteiger partial charge in [0.05, 0.1) is 18.1 Å². The summed E-state index contributed by atoms with van der Waals surface area (Å²) < 4.78 is 6.15. The van der Waals surface area contributed by atoms with Gasteiger partial charge in [0.25, 0.3) is 5.69 Å². The first-order valence-corrected chi connectivity index (χ1v) is 12.8. The molecule has 1 amide bonds. The van der Waals surface area contributed by atoms with Crippen LogP contribution in [0.25, 0.3) is 0 Å². The predicted octanol–water partition coefficient (Wildman–Crippen LogP) is 5.59. The Balaban J connectivity index is 1.25. The van der Waals surface area contributed by atoms with Gasteiger partial charge in [0.2, 0.25) is 5.91 Å². The highest BCUT2D eigenvalue weighted by Crippen LogP contribution is 2.66. The van der Waals surface area contributed by atoms with E-state index in [1.54, 1.807) is 12.1 Å². The molecule has 6 heteroatoms. The van der Waals surface area contributed by atoms with Crippen LogP contribution in [0.1, 0.15) is 70.8 Å². The van der Waals surface area contributed by atoms with Crippen LogP contribution in [0.5, 0.6) is 0 Å². The summed E-state index contributed by atoms with van der Waals surface area (Å²) in [6.07, 6.45) is 9.21. The molecular formula is C27H38N2O4. The summed E-state index contributed by atoms with van der Waals surface area (Å²) in [6, 6.07) is 7.20. The van der Waals surface area contributed by atoms with Gasteiger partial charge >= 0.3 is 0 Å². The SMILES string of the molecule is CN1C(=O)CC[C@@]2(C)C1CC[C@@H]1[C@H]2CC[C@]2(C)C(COCc3cccc([N+](=O)[O-])c3)CC[C@@H]12. The molecule has 3 saturated carbocycles. The second-order valence-electron chi connectivity index (χ2n) is 11.7. The third kappa shape index (κ3) is 3.69. The van der Waals surface area contributed by atoms with Gasteiger partial charge in [-0.1, -0.05) is 26.0 Å². The Morgan fingerprint density at radius 2 is 1.88 bits per heavy atom. The number of hydrogen-bond acceptors (Lipinski definition) is 4. The quantitative estimate of drug-likeness (QED) is 0.429. The number of non-ortho nitro benzene ring substituents is 1. The van der Waals surface area contributed by atoms with E-state index in [4.69, 9.17) is 4.74 Å². The molecule has 1 aromatic carbocycles. The van der Waals surface area contributed by atoms with Gasteiger partial charge in [-0.3, -0.25) is 14.9 Å². The second kappa shape index (κ2) is 8.37. The minimum absolute atomic E-state index is 0.126. The first-order chi connectivity index (χ1) is 15.7. The fourth-order valence-corrected chi connectivity index (χ4v) is 8.61. The van der Waals surface area contributed by atoms with Crippen LogP contribution in [-0.4, -0.2) is 35.4 Å². The molecule has 0 radical (unpaired) electrons. The molecule has 6 nitrogen and oxygen atoms in total. The van der Waals surface area contributed by atoms with Crippen molar-refractivity contribution in [2.24, 2.45) is 34.5 Å². The Bertz CT molecular complexity index is 934. The van der Waals surface area contributed by atoms with Crippen LogP contribution in [0.2, 0.25) is 0 Å². The average Bonchev–Trinajstić information content (AvgIpc) is 3.13. The summed E-state index contributed by atoms with van der Waals surface area (Å²) in [5, 5.41) is 11.0. The molecule has 3 aliphatic carbocycles. The normalized spacial score (nSPS) is 40.2. The number of nitro groups is 1. The summed E-state index contributed by atoms with van der Waals surface area (Å²) >= 11 is 0. The molecule has 1 heterocycles. The van der Waals surface area contributed by atoms with Gasteiger partial charge in [0.15, 0.2) is 0 Å². The zero-order valence-electron chi connectivity index (χ0n) is 20.3. The first kappa shape index (κ1) is 22.8. The number of fused-ring (bicyclic) bond motifs is 5. The maximum Gasteiger partial charge on any atom is 0.269 e. The van der Waals surface area contributed by atoms with Crippen molar-refractivity contribution in [2.75, 3.05) is 13.7 Å². The van der Waals surface area contributed by atoms with Crippen molar-refractivity contribution in [1.82, 2.24) is 4.90 Å². The molecule has 1 aliphatic heterocycles. The van der Waals surface area contributed by atoms with E-state index < -0.39 is 0 Å². The largest absolute Gasteiger partial charge is 0.376 e. The number of carbonyl (C=O) groups excluding carboxylic acids is 1. The molecule has 0 aromatic heterocycles. The number of likely N-dealkylation sites (tertiary alicyclic amines) is 1. The fourth-order valence-electron chi connectivity index (χ4n) is 8.61. The average molecular weight is 455 g/mol. The van der Waals surface area contributed by atoms with Crippen molar-refractivity contribution in [3.8, 4) is 0 Å². The lowest BCUT2D eigenvalue weighted by Crippen LogP contribution is -2.61. The maximum absolute atomic E-state index is 12.4. The zero-order chi connectivity index (χ0) is 23.4. The van der Waals surface area contributed by atoms with E-state index in [2.05, 4.69) is 18.7 Å². The molecule has 33 heavy (non-hydrogen) atoms. The van der Waals surface area contributed by atoms with Crippen LogP contribution >= 0.6 is 0 Å². The van der Waals surface area contributed by atoms with Gasteiger partial charge in [-0.25, -0.2) is 0 Å². The van der Waals surface area contributed by atoms with Crippen molar-refractivity contribution >= 4 is 11.6 Å². The minimum Gasteiger partial charge on any atom is -0.376 e. The molecular weight excluding hydrogens is 416 g/mol. The van der Waals surface area contributed by atoms with Crippen LogP contribution in [0.4, 0.5) is 5.69 Å². The van der Waals surface area contributed by atoms with E-state index in [1.807, 2.05) is 13.1 Å². The highest BCUT2D eigenvalue weighted by molar-refractivity contribution is 5.77. The number of nitro benzene ring substituents is 1. The highest BCUT2D eigenvalue weighted by atomic mass is 16.6. The Labute approximate surface area is 197 Å². The Kier molecular flexibility index (Phi) is 5.79. The monoisotopic (exact) mass is 454 g/mol. The van der Waals surface area contributed by atoms with Crippen molar-refractivity contribution in [3.05, 3.63) is 39.9 Å². The van der Waals surface area contributed by atoms with E-state index >= 15 is 0 Å². The van der Waals surface area contributed by atoms with Crippen molar-refractivity contribution < 1.29 is 14.5 Å². The fraction of sp³-hybridized carbons (Fsp3) is 0.741. The molecule has 4 fully saturated rings. The number of amides is 1. The smallest absolute Gasteiger partial charge is 0.269 e. The van der Waals surface area contributed by atoms with E-state index in [0.717, 1.165) is 42.8 Å². The standard InChI is InChI=1S/C27H38N2O4/c1-26-13-11-23-21(8-10-24-27(23,2)14-12-25(30)28(24)3)22(26)9-7-19(26)17-33-16-18-5-4-6-20(15-18)29(31)32/h4-6,15,19,21-24H,7-14,16-17H2,1-3H3/t19?,21-,22-,23+,24?,26+,27+/m0/s1. The molecule has 0 N–H and O–H groups in total. The molecule has 5 rings (SSSR count). The zero-order valence-corrected chi connectivity index (χ0v) is 20.3. The molecule has 0 spiro atoms. The summed E-state index contributed by atoms with van der Waals surface area (Å²) in [5.74, 6) is 3.15. The number of piperidine rings is 1. The Morgan fingerprint density at radius 3 is 2.67 bits per heavy atom. The molecule has 7 atom stereocenters. The maximum atomic E-state index is 12.4. The highest BCUT2D eigenvalue weighted by Gasteiger charge is 2.61. The number of hydrogen-bond donors (Lipinski definition) is 0. The van der Waals surface area contributed by atoms with Crippen LogP contribution in [0.3, 0.4) is 0 Å². The predicted molar refractivity (Wildman–Crippen MR) is 126 cm³/mol. The number of ether oxygens (including phenoxy) is 1. The van der Waals surface area contributed by atoms with Gasteiger partial charge in [-0.2, -0.15) is 0 Å². The van der Waals surface area contributed by atoms with Crippen LogP contribution < -0.4 is 0 Å². The van der Waals surface area contributed by atoms with E-state index in [1.165, 1.54) is 38.2 Å². The van der Waals surface area contributed by atoms with Crippen LogP contribution in [0, 0.1) is 44.6 Å². The number of carbonyl (C=O) groups is 1. The first-order valence-electron chi connectivity index (χ1n) is 12.8. The van der Waals surface area contributed by atoms with Gasteiger partial charge in [0.1, 0.15) is 0 Å². The number of benzene rings is 1. The Hall–Kier alpha value is -1.95. The third-order valence-corrected chi connectivity index (χ3v) is 10.5. The molecule has 2 unspecified atom stereocenters. The van der Waals surface area contributed by atoms with Gasteiger partial charge in [0, 0.05) is 31.6 Å². The summed E-state index contributed by atoms with van der Waals surface area (Å²) in [4.78, 5) is 25.1. The van der Waals surface area contributed by atoms with E-state index in [-0.39, 0.29) is 16.0 Å². The van der Waals surface area contributed by atoms with Gasteiger partial charge in [-0.05, 0) is 85.0 Å². The second-order valence-corrected chi connectivity index (χ2v) is 11.7. The molecule has 0 bridgehead atoms. The lowest BCUT2D eigenvalue weighted by atomic mass is 9.47. The van der Waals surface area contributed by atoms with Crippen LogP contribution in [-0.2, 0) is 16.1 Å². The molecule has 180 valence electrons. The lowest BCUT2D eigenvalue weighted by Gasteiger charge is -2.61. The summed E-state index contributed by atoms with van der Waals surface area (Å²) in [7, 11) is 2.03. The van der Waals surface area contributed by atoms with Crippen molar-refractivity contribution in [2.45, 2.75) is 77.9 Å². The minimum atomic E-state index is -0.347. The van der Waals surface area contributed by atoms with E-state index in [9.17, 15) is 14.9 Å². The summed E-state index contributed by atoms with van der Waals surface area (Å²) in [5.41, 5.74) is 1.59. The topological polar surface area (TPSA) is 72.7 Å². The van der Waals surface area contributed by atoms with Gasteiger partial charge in [-0.15, -0.1) is 0 Å². The third-order valence-electron chi connectivity index (χ3n) is 10.5. The van der Waals surface area contributed by atoms with Crippen molar-refractivity contribution in [1.29, 1.82) is 0 Å². The molecule has 4 aliphatic rings.